The molecule has 0 radical (unpaired) electrons. The van der Waals surface area contributed by atoms with Gasteiger partial charge < -0.3 is 14.3 Å². The van der Waals surface area contributed by atoms with Gasteiger partial charge in [0.25, 0.3) is 0 Å². The fourth-order valence-electron chi connectivity index (χ4n) is 3.26. The summed E-state index contributed by atoms with van der Waals surface area (Å²) in [6.45, 7) is 9.16. The normalized spacial score (nSPS) is 19.0. The summed E-state index contributed by atoms with van der Waals surface area (Å²) in [4.78, 5) is 23.2. The molecule has 2 rings (SSSR count). The molecule has 1 unspecified atom stereocenters. The Morgan fingerprint density at radius 1 is 1.34 bits per heavy atom. The van der Waals surface area contributed by atoms with E-state index < -0.39 is 27.6 Å². The van der Waals surface area contributed by atoms with Gasteiger partial charge in [-0.3, -0.25) is 4.79 Å². The van der Waals surface area contributed by atoms with Gasteiger partial charge in [0.05, 0.1) is 6.10 Å². The molecule has 1 aliphatic rings. The monoisotopic (exact) mass is 425 g/mol. The van der Waals surface area contributed by atoms with E-state index in [0.29, 0.717) is 25.7 Å². The zero-order valence-electron chi connectivity index (χ0n) is 17.8. The average Bonchev–Trinajstić information content (AvgIpc) is 3.09. The Labute approximate surface area is 173 Å². The molecule has 0 aliphatic carbocycles. The molecule has 0 saturated carbocycles. The number of hydrogen-bond donors (Lipinski definition) is 0. The fourth-order valence-corrected chi connectivity index (χ4v) is 5.01. The number of aldehydes is 1. The summed E-state index contributed by atoms with van der Waals surface area (Å²) in [5.74, 6) is -0.300. The molecule has 8 heteroatoms. The third-order valence-electron chi connectivity index (χ3n) is 4.59. The maximum atomic E-state index is 13.4. The van der Waals surface area contributed by atoms with E-state index in [9.17, 15) is 18.0 Å². The highest BCUT2D eigenvalue weighted by Crippen LogP contribution is 2.34. The van der Waals surface area contributed by atoms with Gasteiger partial charge in [0, 0.05) is 13.0 Å². The first-order valence-electron chi connectivity index (χ1n) is 9.91. The summed E-state index contributed by atoms with van der Waals surface area (Å²) < 4.78 is 39.4. The molecular formula is C21H31NO6S. The van der Waals surface area contributed by atoms with E-state index in [2.05, 4.69) is 0 Å². The number of ether oxygens (including phenoxy) is 2. The van der Waals surface area contributed by atoms with Crippen molar-refractivity contribution in [1.82, 2.24) is 4.31 Å². The molecule has 1 heterocycles. The standard InChI is InChI=1S/C21H31NO6S/c1-15-10-11-19(18(14-15)27-16(2)8-7-13-23)29(25,26)22-12-6-9-17(22)20(24)28-21(3,4)5/h10-11,13-14,16-17H,6-9,12H2,1-5H3/t16?,17-/m0/s1. The van der Waals surface area contributed by atoms with Crippen molar-refractivity contribution in [1.29, 1.82) is 0 Å². The van der Waals surface area contributed by atoms with Gasteiger partial charge in [-0.05, 0) is 71.6 Å². The Hall–Kier alpha value is -1.93. The second kappa shape index (κ2) is 9.26. The Kier molecular flexibility index (Phi) is 7.45. The lowest BCUT2D eigenvalue weighted by Gasteiger charge is -2.27. The lowest BCUT2D eigenvalue weighted by molar-refractivity contribution is -0.158. The van der Waals surface area contributed by atoms with Crippen LogP contribution in [0.4, 0.5) is 0 Å². The summed E-state index contributed by atoms with van der Waals surface area (Å²) in [6, 6.07) is 4.04. The minimum absolute atomic E-state index is 0.0245. The van der Waals surface area contributed by atoms with Gasteiger partial charge in [0.15, 0.2) is 0 Å². The number of carbonyl (C=O) groups excluding carboxylic acids is 2. The summed E-state index contributed by atoms with van der Waals surface area (Å²) in [7, 11) is -3.96. The number of carbonyl (C=O) groups is 2. The molecule has 1 aromatic carbocycles. The molecule has 7 nitrogen and oxygen atoms in total. The van der Waals surface area contributed by atoms with E-state index in [4.69, 9.17) is 9.47 Å². The molecular weight excluding hydrogens is 394 g/mol. The quantitative estimate of drug-likeness (QED) is 0.469. The minimum atomic E-state index is -3.96. The molecule has 0 aromatic heterocycles. The number of benzene rings is 1. The van der Waals surface area contributed by atoms with Crippen LogP contribution in [0.1, 0.15) is 58.9 Å². The zero-order valence-corrected chi connectivity index (χ0v) is 18.6. The fraction of sp³-hybridized carbons (Fsp3) is 0.619. The Morgan fingerprint density at radius 3 is 2.66 bits per heavy atom. The smallest absolute Gasteiger partial charge is 0.324 e. The minimum Gasteiger partial charge on any atom is -0.489 e. The van der Waals surface area contributed by atoms with Crippen molar-refractivity contribution in [3.63, 3.8) is 0 Å². The average molecular weight is 426 g/mol. The molecule has 29 heavy (non-hydrogen) atoms. The van der Waals surface area contributed by atoms with Gasteiger partial charge >= 0.3 is 5.97 Å². The van der Waals surface area contributed by atoms with Crippen molar-refractivity contribution in [2.75, 3.05) is 6.54 Å². The van der Waals surface area contributed by atoms with Gasteiger partial charge in [-0.15, -0.1) is 0 Å². The van der Waals surface area contributed by atoms with E-state index in [-0.39, 0.29) is 23.3 Å². The molecule has 2 atom stereocenters. The Bertz CT molecular complexity index is 843. The molecule has 0 spiro atoms. The first-order chi connectivity index (χ1) is 13.5. The van der Waals surface area contributed by atoms with Crippen molar-refractivity contribution < 1.29 is 27.5 Å². The first-order valence-corrected chi connectivity index (χ1v) is 11.4. The lowest BCUT2D eigenvalue weighted by atomic mass is 10.2. The van der Waals surface area contributed by atoms with E-state index in [1.807, 2.05) is 6.92 Å². The Balaban J connectivity index is 2.34. The van der Waals surface area contributed by atoms with Gasteiger partial charge in [-0.25, -0.2) is 8.42 Å². The van der Waals surface area contributed by atoms with Crippen LogP contribution in [0.15, 0.2) is 23.1 Å². The van der Waals surface area contributed by atoms with Gasteiger partial charge in [-0.1, -0.05) is 6.07 Å². The molecule has 1 saturated heterocycles. The summed E-state index contributed by atoms with van der Waals surface area (Å²) in [5.41, 5.74) is 0.160. The van der Waals surface area contributed by atoms with E-state index in [0.717, 1.165) is 11.8 Å². The number of rotatable bonds is 8. The number of esters is 1. The van der Waals surface area contributed by atoms with Crippen LogP contribution in [-0.2, 0) is 24.3 Å². The predicted octanol–water partition coefficient (Wildman–Crippen LogP) is 3.24. The summed E-state index contributed by atoms with van der Waals surface area (Å²) in [5, 5.41) is 0. The van der Waals surface area contributed by atoms with Gasteiger partial charge in [0.1, 0.15) is 28.6 Å². The van der Waals surface area contributed by atoms with E-state index in [1.165, 1.54) is 10.4 Å². The molecule has 162 valence electrons. The predicted molar refractivity (Wildman–Crippen MR) is 109 cm³/mol. The highest BCUT2D eigenvalue weighted by molar-refractivity contribution is 7.89. The molecule has 1 aromatic rings. The largest absolute Gasteiger partial charge is 0.489 e. The maximum absolute atomic E-state index is 13.4. The topological polar surface area (TPSA) is 90.0 Å². The van der Waals surface area contributed by atoms with Crippen LogP contribution in [0.3, 0.4) is 0 Å². The molecule has 0 bridgehead atoms. The highest BCUT2D eigenvalue weighted by atomic mass is 32.2. The van der Waals surface area contributed by atoms with Crippen molar-refractivity contribution in [2.45, 2.75) is 82.9 Å². The zero-order chi connectivity index (χ0) is 21.8. The third kappa shape index (κ3) is 6.02. The van der Waals surface area contributed by atoms with Crippen molar-refractivity contribution in [3.05, 3.63) is 23.8 Å². The van der Waals surface area contributed by atoms with Crippen LogP contribution >= 0.6 is 0 Å². The van der Waals surface area contributed by atoms with Gasteiger partial charge in [-0.2, -0.15) is 4.31 Å². The summed E-state index contributed by atoms with van der Waals surface area (Å²) in [6.07, 6.45) is 2.32. The van der Waals surface area contributed by atoms with Crippen molar-refractivity contribution in [2.24, 2.45) is 0 Å². The van der Waals surface area contributed by atoms with E-state index >= 15 is 0 Å². The van der Waals surface area contributed by atoms with Crippen molar-refractivity contribution in [3.8, 4) is 5.75 Å². The third-order valence-corrected chi connectivity index (χ3v) is 6.54. The lowest BCUT2D eigenvalue weighted by Crippen LogP contribution is -2.43. The van der Waals surface area contributed by atoms with Crippen LogP contribution in [0.5, 0.6) is 5.75 Å². The second-order valence-electron chi connectivity index (χ2n) is 8.43. The van der Waals surface area contributed by atoms with Gasteiger partial charge in [0.2, 0.25) is 10.0 Å². The molecule has 1 aliphatic heterocycles. The van der Waals surface area contributed by atoms with Crippen LogP contribution in [-0.4, -0.2) is 49.3 Å². The SMILES string of the molecule is Cc1ccc(S(=O)(=O)N2CCC[C@H]2C(=O)OC(C)(C)C)c(OC(C)CCC=O)c1. The summed E-state index contributed by atoms with van der Waals surface area (Å²) >= 11 is 0. The van der Waals surface area contributed by atoms with Crippen LogP contribution in [0.25, 0.3) is 0 Å². The first kappa shape index (κ1) is 23.3. The maximum Gasteiger partial charge on any atom is 0.324 e. The molecule has 0 amide bonds. The Morgan fingerprint density at radius 2 is 2.03 bits per heavy atom. The van der Waals surface area contributed by atoms with Crippen LogP contribution < -0.4 is 4.74 Å². The highest BCUT2D eigenvalue weighted by Gasteiger charge is 2.42. The molecule has 0 N–H and O–H groups in total. The van der Waals surface area contributed by atoms with Crippen LogP contribution in [0, 0.1) is 6.92 Å². The van der Waals surface area contributed by atoms with Crippen LogP contribution in [0.2, 0.25) is 0 Å². The van der Waals surface area contributed by atoms with Crippen molar-refractivity contribution >= 4 is 22.3 Å². The number of sulfonamides is 1. The second-order valence-corrected chi connectivity index (χ2v) is 10.3. The molecule has 1 fully saturated rings. The number of aryl methyl sites for hydroxylation is 1. The van der Waals surface area contributed by atoms with E-state index in [1.54, 1.807) is 39.8 Å². The number of nitrogens with zero attached hydrogens (tertiary/aromatic N) is 1. The number of hydrogen-bond acceptors (Lipinski definition) is 6.